The van der Waals surface area contributed by atoms with Gasteiger partial charge in [-0.25, -0.2) is 8.78 Å². The van der Waals surface area contributed by atoms with E-state index in [0.29, 0.717) is 24.7 Å². The van der Waals surface area contributed by atoms with Crippen LogP contribution in [0.2, 0.25) is 0 Å². The van der Waals surface area contributed by atoms with E-state index in [2.05, 4.69) is 5.32 Å². The van der Waals surface area contributed by atoms with Gasteiger partial charge in [0.05, 0.1) is 25.4 Å². The fraction of sp³-hybridized carbons (Fsp3) is 0.350. The Kier molecular flexibility index (Phi) is 7.12. The number of carbonyl (C=O) groups excluding carboxylic acids is 1. The van der Waals surface area contributed by atoms with Crippen LogP contribution in [0.25, 0.3) is 0 Å². The van der Waals surface area contributed by atoms with Gasteiger partial charge in [-0.2, -0.15) is 0 Å². The first kappa shape index (κ1) is 20.6. The largest absolute Gasteiger partial charge is 0.493 e. The molecule has 1 amide bonds. The smallest absolute Gasteiger partial charge is 0.241 e. The summed E-state index contributed by atoms with van der Waals surface area (Å²) in [6.07, 6.45) is 0. The van der Waals surface area contributed by atoms with Crippen LogP contribution < -0.4 is 14.8 Å². The van der Waals surface area contributed by atoms with E-state index < -0.39 is 17.7 Å². The van der Waals surface area contributed by atoms with Crippen molar-refractivity contribution in [1.82, 2.24) is 4.90 Å². The highest BCUT2D eigenvalue weighted by molar-refractivity contribution is 5.94. The molecule has 2 rings (SSSR count). The summed E-state index contributed by atoms with van der Waals surface area (Å²) in [5.41, 5.74) is 0.884. The van der Waals surface area contributed by atoms with Crippen LogP contribution in [-0.4, -0.2) is 37.6 Å². The number of likely N-dealkylation sites (N-methyl/N-ethyl adjacent to an activating group) is 1. The Bertz CT molecular complexity index is 799. The molecule has 0 unspecified atom stereocenters. The van der Waals surface area contributed by atoms with E-state index in [9.17, 15) is 13.6 Å². The lowest BCUT2D eigenvalue weighted by atomic mass is 10.1. The average molecular weight is 378 g/mol. The molecule has 7 heteroatoms. The molecule has 0 radical (unpaired) electrons. The van der Waals surface area contributed by atoms with E-state index >= 15 is 0 Å². The van der Waals surface area contributed by atoms with Gasteiger partial charge in [0, 0.05) is 12.6 Å². The normalized spacial score (nSPS) is 12.0. The lowest BCUT2D eigenvalue weighted by Gasteiger charge is -2.24. The molecule has 2 aromatic rings. The molecule has 0 fully saturated rings. The number of hydrogen-bond donors (Lipinski definition) is 1. The maximum absolute atomic E-state index is 13.7. The van der Waals surface area contributed by atoms with Gasteiger partial charge in [0.15, 0.2) is 11.5 Å². The third-order valence-corrected chi connectivity index (χ3v) is 4.19. The predicted octanol–water partition coefficient (Wildman–Crippen LogP) is 3.83. The number of anilines is 1. The molecule has 27 heavy (non-hydrogen) atoms. The van der Waals surface area contributed by atoms with Crippen molar-refractivity contribution in [2.24, 2.45) is 0 Å². The van der Waals surface area contributed by atoms with Crippen molar-refractivity contribution < 1.29 is 23.0 Å². The minimum atomic E-state index is -0.811. The molecule has 0 heterocycles. The summed E-state index contributed by atoms with van der Waals surface area (Å²) >= 11 is 0. The number of nitrogens with one attached hydrogen (secondary N) is 1. The third-order valence-electron chi connectivity index (χ3n) is 4.19. The van der Waals surface area contributed by atoms with Gasteiger partial charge in [-0.05, 0) is 50.7 Å². The summed E-state index contributed by atoms with van der Waals surface area (Å²) in [6, 6.07) is 8.07. The van der Waals surface area contributed by atoms with Crippen LogP contribution in [0.5, 0.6) is 11.5 Å². The number of methoxy groups -OCH3 is 1. The number of rotatable bonds is 8. The van der Waals surface area contributed by atoms with Gasteiger partial charge in [-0.1, -0.05) is 6.07 Å². The number of amides is 1. The first-order valence-corrected chi connectivity index (χ1v) is 8.61. The van der Waals surface area contributed by atoms with Crippen LogP contribution in [-0.2, 0) is 11.3 Å². The fourth-order valence-electron chi connectivity index (χ4n) is 2.54. The summed E-state index contributed by atoms with van der Waals surface area (Å²) in [7, 11) is 3.35. The minimum Gasteiger partial charge on any atom is -0.493 e. The van der Waals surface area contributed by atoms with Crippen LogP contribution in [0.4, 0.5) is 14.5 Å². The number of nitrogens with zero attached hydrogens (tertiary/aromatic N) is 1. The van der Waals surface area contributed by atoms with Crippen molar-refractivity contribution >= 4 is 11.6 Å². The highest BCUT2D eigenvalue weighted by Crippen LogP contribution is 2.28. The molecule has 0 aliphatic rings. The number of ether oxygens (including phenoxy) is 2. The van der Waals surface area contributed by atoms with Gasteiger partial charge in [0.1, 0.15) is 11.6 Å². The van der Waals surface area contributed by atoms with Gasteiger partial charge in [0.2, 0.25) is 5.91 Å². The van der Waals surface area contributed by atoms with Crippen molar-refractivity contribution in [3.8, 4) is 11.5 Å². The second-order valence-electron chi connectivity index (χ2n) is 6.12. The van der Waals surface area contributed by atoms with Crippen LogP contribution in [0.1, 0.15) is 19.4 Å². The molecule has 0 bridgehead atoms. The topological polar surface area (TPSA) is 50.8 Å². The molecule has 1 atom stereocenters. The standard InChI is InChI=1S/C20H24F2N2O3/c1-5-27-18-9-6-14(10-19(18)26-4)12-24(3)13(2)20(25)23-17-8-7-15(21)11-16(17)22/h6-11,13H,5,12H2,1-4H3,(H,23,25)/t13-/m0/s1. The summed E-state index contributed by atoms with van der Waals surface area (Å²) in [4.78, 5) is 14.2. The number of hydrogen-bond acceptors (Lipinski definition) is 4. The highest BCUT2D eigenvalue weighted by atomic mass is 19.1. The first-order valence-electron chi connectivity index (χ1n) is 8.61. The Hall–Kier alpha value is -2.67. The maximum Gasteiger partial charge on any atom is 0.241 e. The van der Waals surface area contributed by atoms with Gasteiger partial charge in [-0.3, -0.25) is 9.69 Å². The van der Waals surface area contributed by atoms with Crippen LogP contribution in [0, 0.1) is 11.6 Å². The zero-order valence-electron chi connectivity index (χ0n) is 15.9. The van der Waals surface area contributed by atoms with E-state index in [1.54, 1.807) is 21.1 Å². The number of carbonyl (C=O) groups is 1. The predicted molar refractivity (Wildman–Crippen MR) is 100 cm³/mol. The lowest BCUT2D eigenvalue weighted by Crippen LogP contribution is -2.39. The summed E-state index contributed by atoms with van der Waals surface area (Å²) in [5.74, 6) is -0.618. The first-order chi connectivity index (χ1) is 12.8. The second-order valence-corrected chi connectivity index (χ2v) is 6.12. The minimum absolute atomic E-state index is 0.0515. The van der Waals surface area contributed by atoms with Crippen molar-refractivity contribution in [3.05, 3.63) is 53.6 Å². The fourth-order valence-corrected chi connectivity index (χ4v) is 2.54. The van der Waals surface area contributed by atoms with Gasteiger partial charge in [-0.15, -0.1) is 0 Å². The molecule has 0 spiro atoms. The molecule has 1 N–H and O–H groups in total. The summed E-state index contributed by atoms with van der Waals surface area (Å²) in [5, 5.41) is 2.49. The van der Waals surface area contributed by atoms with E-state index in [4.69, 9.17) is 9.47 Å². The van der Waals surface area contributed by atoms with E-state index in [0.717, 1.165) is 17.7 Å². The quantitative estimate of drug-likeness (QED) is 0.759. The zero-order valence-corrected chi connectivity index (χ0v) is 15.9. The van der Waals surface area contributed by atoms with Gasteiger partial charge in [0.25, 0.3) is 0 Å². The highest BCUT2D eigenvalue weighted by Gasteiger charge is 2.20. The van der Waals surface area contributed by atoms with Crippen LogP contribution >= 0.6 is 0 Å². The Labute approximate surface area is 157 Å². The molecule has 5 nitrogen and oxygen atoms in total. The second kappa shape index (κ2) is 9.32. The lowest BCUT2D eigenvalue weighted by molar-refractivity contribution is -0.120. The van der Waals surface area contributed by atoms with Gasteiger partial charge >= 0.3 is 0 Å². The summed E-state index contributed by atoms with van der Waals surface area (Å²) in [6.45, 7) is 4.62. The number of benzene rings is 2. The number of halogens is 2. The van der Waals surface area contributed by atoms with Crippen molar-refractivity contribution in [1.29, 1.82) is 0 Å². The Morgan fingerprint density at radius 2 is 1.93 bits per heavy atom. The van der Waals surface area contributed by atoms with Crippen molar-refractivity contribution in [2.45, 2.75) is 26.4 Å². The molecule has 0 aromatic heterocycles. The Morgan fingerprint density at radius 1 is 1.19 bits per heavy atom. The Balaban J connectivity index is 2.04. The molecule has 0 aliphatic carbocycles. The van der Waals surface area contributed by atoms with Crippen molar-refractivity contribution in [3.63, 3.8) is 0 Å². The maximum atomic E-state index is 13.7. The van der Waals surface area contributed by atoms with Gasteiger partial charge < -0.3 is 14.8 Å². The molecule has 0 aliphatic heterocycles. The Morgan fingerprint density at radius 3 is 2.56 bits per heavy atom. The van der Waals surface area contributed by atoms with Crippen LogP contribution in [0.3, 0.4) is 0 Å². The molecule has 146 valence electrons. The molecule has 2 aromatic carbocycles. The summed E-state index contributed by atoms with van der Waals surface area (Å²) < 4.78 is 37.5. The SMILES string of the molecule is CCOc1ccc(CN(C)[C@@H](C)C(=O)Nc2ccc(F)cc2F)cc1OC. The third kappa shape index (κ3) is 5.40. The molecule has 0 saturated carbocycles. The monoisotopic (exact) mass is 378 g/mol. The van der Waals surface area contributed by atoms with E-state index in [1.807, 2.05) is 30.0 Å². The average Bonchev–Trinajstić information content (AvgIpc) is 2.64. The molecular weight excluding hydrogens is 354 g/mol. The zero-order chi connectivity index (χ0) is 20.0. The van der Waals surface area contributed by atoms with Crippen LogP contribution in [0.15, 0.2) is 36.4 Å². The van der Waals surface area contributed by atoms with E-state index in [1.165, 1.54) is 6.07 Å². The molecule has 0 saturated heterocycles. The van der Waals surface area contributed by atoms with E-state index in [-0.39, 0.29) is 11.6 Å². The molecular formula is C20H24F2N2O3. The van der Waals surface area contributed by atoms with Crippen molar-refractivity contribution in [2.75, 3.05) is 26.1 Å².